The first-order chi connectivity index (χ1) is 12.3. The molecule has 0 fully saturated rings. The number of hydrogen-bond donors (Lipinski definition) is 1. The summed E-state index contributed by atoms with van der Waals surface area (Å²) in [7, 11) is 0. The maximum atomic E-state index is 6.12. The Morgan fingerprint density at radius 3 is 2.92 bits per heavy atom. The molecule has 5 nitrogen and oxygen atoms in total. The van der Waals surface area contributed by atoms with Crippen LogP contribution < -0.4 is 20.1 Å². The molecule has 0 aliphatic carbocycles. The highest BCUT2D eigenvalue weighted by molar-refractivity contribution is 8.04. The molecule has 1 atom stereocenters. The smallest absolute Gasteiger partial charge is 0.231 e. The molecule has 2 N–H and O–H groups in total. The molecular weight excluding hydrogens is 334 g/mol. The first-order valence-corrected chi connectivity index (χ1v) is 9.12. The second-order valence-corrected chi connectivity index (χ2v) is 7.27. The summed E-state index contributed by atoms with van der Waals surface area (Å²) in [6, 6.07) is 14.0. The van der Waals surface area contributed by atoms with Crippen LogP contribution in [0, 0.1) is 0 Å². The number of nitrogens with zero attached hydrogens (tertiary/aromatic N) is 2. The Balaban J connectivity index is 1.42. The van der Waals surface area contributed by atoms with E-state index in [1.54, 1.807) is 11.8 Å². The lowest BCUT2D eigenvalue weighted by Crippen LogP contribution is -2.25. The van der Waals surface area contributed by atoms with Crippen LogP contribution in [0.1, 0.15) is 17.4 Å². The van der Waals surface area contributed by atoms with E-state index in [-0.39, 0.29) is 5.37 Å². The van der Waals surface area contributed by atoms with Gasteiger partial charge in [0.15, 0.2) is 11.5 Å². The summed E-state index contributed by atoms with van der Waals surface area (Å²) in [4.78, 5) is 8.36. The highest BCUT2D eigenvalue weighted by atomic mass is 32.2. The number of rotatable bonds is 2. The number of thioether (sulfide) groups is 1. The molecule has 1 unspecified atom stereocenters. The van der Waals surface area contributed by atoms with Crippen molar-refractivity contribution in [3.8, 4) is 11.5 Å². The molecule has 126 valence electrons. The number of hydrogen-bond acceptors (Lipinski definition) is 6. The van der Waals surface area contributed by atoms with Gasteiger partial charge in [0.2, 0.25) is 6.79 Å². The van der Waals surface area contributed by atoms with Crippen LogP contribution in [0.5, 0.6) is 11.5 Å². The first-order valence-electron chi connectivity index (χ1n) is 8.24. The molecule has 0 aromatic heterocycles. The van der Waals surface area contributed by atoms with Gasteiger partial charge in [-0.25, -0.2) is 0 Å². The van der Waals surface area contributed by atoms with Crippen LogP contribution in [0.25, 0.3) is 0 Å². The third-order valence-corrected chi connectivity index (χ3v) is 5.79. The van der Waals surface area contributed by atoms with E-state index in [1.165, 1.54) is 10.6 Å². The zero-order valence-electron chi connectivity index (χ0n) is 13.5. The second-order valence-electron chi connectivity index (χ2n) is 6.15. The zero-order valence-corrected chi connectivity index (χ0v) is 14.3. The summed E-state index contributed by atoms with van der Waals surface area (Å²) in [5, 5.41) is 0.0548. The van der Waals surface area contributed by atoms with Crippen LogP contribution in [-0.4, -0.2) is 19.0 Å². The van der Waals surface area contributed by atoms with Crippen molar-refractivity contribution in [1.82, 2.24) is 0 Å². The SMILES string of the molecule is Nc1ccccc1C1N=C2CCN(c3ccc4c(c3)OCO4)C=C2S1. The van der Waals surface area contributed by atoms with Crippen LogP contribution in [0.3, 0.4) is 0 Å². The van der Waals surface area contributed by atoms with Gasteiger partial charge in [-0.2, -0.15) is 0 Å². The molecule has 0 radical (unpaired) electrons. The maximum Gasteiger partial charge on any atom is 0.231 e. The van der Waals surface area contributed by atoms with Gasteiger partial charge in [-0.05, 0) is 18.2 Å². The topological polar surface area (TPSA) is 60.1 Å². The van der Waals surface area contributed by atoms with E-state index < -0.39 is 0 Å². The van der Waals surface area contributed by atoms with Crippen molar-refractivity contribution in [3.05, 3.63) is 59.1 Å². The van der Waals surface area contributed by atoms with Crippen molar-refractivity contribution in [3.63, 3.8) is 0 Å². The van der Waals surface area contributed by atoms with E-state index in [4.69, 9.17) is 20.2 Å². The van der Waals surface area contributed by atoms with Gasteiger partial charge in [-0.1, -0.05) is 30.0 Å². The number of fused-ring (bicyclic) bond motifs is 2. The lowest BCUT2D eigenvalue weighted by Gasteiger charge is -2.25. The molecule has 2 aromatic carbocycles. The minimum atomic E-state index is 0.0548. The fourth-order valence-corrected chi connectivity index (χ4v) is 4.52. The van der Waals surface area contributed by atoms with E-state index in [0.717, 1.165) is 41.4 Å². The van der Waals surface area contributed by atoms with Crippen molar-refractivity contribution >= 4 is 28.8 Å². The minimum absolute atomic E-state index is 0.0548. The van der Waals surface area contributed by atoms with E-state index in [2.05, 4.69) is 23.2 Å². The molecule has 0 bridgehead atoms. The number of aliphatic imine (C=N–C) groups is 1. The highest BCUT2D eigenvalue weighted by Gasteiger charge is 2.29. The Bertz CT molecular complexity index is 909. The largest absolute Gasteiger partial charge is 0.454 e. The predicted octanol–water partition coefficient (Wildman–Crippen LogP) is 3.94. The van der Waals surface area contributed by atoms with Crippen molar-refractivity contribution in [2.24, 2.45) is 4.99 Å². The third-order valence-electron chi connectivity index (χ3n) is 4.61. The number of nitrogen functional groups attached to an aromatic ring is 1. The Morgan fingerprint density at radius 1 is 1.12 bits per heavy atom. The summed E-state index contributed by atoms with van der Waals surface area (Å²) in [5.74, 6) is 1.62. The Morgan fingerprint density at radius 2 is 2.00 bits per heavy atom. The van der Waals surface area contributed by atoms with Crippen LogP contribution in [0.2, 0.25) is 0 Å². The maximum absolute atomic E-state index is 6.12. The monoisotopic (exact) mass is 351 g/mol. The van der Waals surface area contributed by atoms with Gasteiger partial charge in [0.05, 0.1) is 5.71 Å². The van der Waals surface area contributed by atoms with E-state index in [9.17, 15) is 0 Å². The van der Waals surface area contributed by atoms with Crippen LogP contribution >= 0.6 is 11.8 Å². The standard InChI is InChI=1S/C19H17N3O2S/c20-14-4-2-1-3-13(14)19-21-15-7-8-22(10-18(15)25-19)12-5-6-16-17(9-12)24-11-23-16/h1-6,9-10,19H,7-8,11,20H2. The molecule has 3 aliphatic heterocycles. The summed E-state index contributed by atoms with van der Waals surface area (Å²) >= 11 is 1.77. The summed E-state index contributed by atoms with van der Waals surface area (Å²) in [6.07, 6.45) is 3.11. The molecule has 0 amide bonds. The molecule has 0 spiro atoms. The molecule has 0 saturated carbocycles. The Labute approximate surface area is 150 Å². The van der Waals surface area contributed by atoms with Crippen LogP contribution in [0.15, 0.2) is 58.6 Å². The normalized spacial score (nSPS) is 21.0. The molecule has 6 heteroatoms. The van der Waals surface area contributed by atoms with Gasteiger partial charge in [0.25, 0.3) is 0 Å². The molecule has 3 heterocycles. The van der Waals surface area contributed by atoms with Crippen LogP contribution in [-0.2, 0) is 0 Å². The predicted molar refractivity (Wildman–Crippen MR) is 101 cm³/mol. The van der Waals surface area contributed by atoms with Gasteiger partial charge >= 0.3 is 0 Å². The van der Waals surface area contributed by atoms with Gasteiger partial charge < -0.3 is 20.1 Å². The Kier molecular flexibility index (Phi) is 3.38. The second kappa shape index (κ2) is 5.74. The van der Waals surface area contributed by atoms with Gasteiger partial charge in [0, 0.05) is 47.1 Å². The number of para-hydroxylation sites is 1. The number of nitrogens with two attached hydrogens (primary N) is 1. The van der Waals surface area contributed by atoms with Crippen molar-refractivity contribution in [2.75, 3.05) is 24.0 Å². The van der Waals surface area contributed by atoms with Crippen molar-refractivity contribution in [2.45, 2.75) is 11.8 Å². The van der Waals surface area contributed by atoms with E-state index >= 15 is 0 Å². The molecule has 5 rings (SSSR count). The minimum Gasteiger partial charge on any atom is -0.454 e. The molecule has 25 heavy (non-hydrogen) atoms. The van der Waals surface area contributed by atoms with Gasteiger partial charge in [-0.15, -0.1) is 0 Å². The van der Waals surface area contributed by atoms with Gasteiger partial charge in [-0.3, -0.25) is 4.99 Å². The van der Waals surface area contributed by atoms with E-state index in [0.29, 0.717) is 6.79 Å². The fourth-order valence-electron chi connectivity index (χ4n) is 3.28. The Hall–Kier alpha value is -2.60. The number of anilines is 2. The lowest BCUT2D eigenvalue weighted by atomic mass is 10.1. The molecule has 3 aliphatic rings. The summed E-state index contributed by atoms with van der Waals surface area (Å²) in [6.45, 7) is 1.20. The number of allylic oxidation sites excluding steroid dienone is 1. The molecule has 2 aromatic rings. The zero-order chi connectivity index (χ0) is 16.8. The van der Waals surface area contributed by atoms with E-state index in [1.807, 2.05) is 30.3 Å². The van der Waals surface area contributed by atoms with Crippen molar-refractivity contribution in [1.29, 1.82) is 0 Å². The fraction of sp³-hybridized carbons (Fsp3) is 0.211. The quantitative estimate of drug-likeness (QED) is 0.831. The third kappa shape index (κ3) is 2.53. The average molecular weight is 351 g/mol. The average Bonchev–Trinajstić information content (AvgIpc) is 3.27. The van der Waals surface area contributed by atoms with Crippen LogP contribution in [0.4, 0.5) is 11.4 Å². The highest BCUT2D eigenvalue weighted by Crippen LogP contribution is 2.46. The first kappa shape index (κ1) is 14.7. The lowest BCUT2D eigenvalue weighted by molar-refractivity contribution is 0.174. The number of ether oxygens (including phenoxy) is 2. The van der Waals surface area contributed by atoms with Crippen molar-refractivity contribution < 1.29 is 9.47 Å². The summed E-state index contributed by atoms with van der Waals surface area (Å²) < 4.78 is 10.9. The van der Waals surface area contributed by atoms with Gasteiger partial charge in [0.1, 0.15) is 5.37 Å². The molecule has 0 saturated heterocycles. The summed E-state index contributed by atoms with van der Waals surface area (Å²) in [5.41, 5.74) is 10.3. The molecular formula is C19H17N3O2S. The number of benzene rings is 2.